The van der Waals surface area contributed by atoms with E-state index >= 15 is 0 Å². The number of sulfonamides is 1. The van der Waals surface area contributed by atoms with Crippen LogP contribution in [0.25, 0.3) is 0 Å². The first-order valence-corrected chi connectivity index (χ1v) is 7.64. The van der Waals surface area contributed by atoms with Crippen molar-refractivity contribution in [1.29, 1.82) is 0 Å². The van der Waals surface area contributed by atoms with Gasteiger partial charge in [0.15, 0.2) is 0 Å². The standard InChI is InChI=1S/C12H14ClNO4S/c1-18-9-4-6-10(7-5-9)19(16,17)14-8-2-3-11(14)12(13)15/h4-7,11H,2-3,8H2,1H3. The molecule has 0 bridgehead atoms. The van der Waals surface area contributed by atoms with Gasteiger partial charge in [-0.25, -0.2) is 8.42 Å². The Bertz CT molecular complexity index is 570. The first kappa shape index (κ1) is 14.3. The minimum Gasteiger partial charge on any atom is -0.497 e. The number of hydrogen-bond acceptors (Lipinski definition) is 4. The molecule has 1 aromatic carbocycles. The summed E-state index contributed by atoms with van der Waals surface area (Å²) in [5.41, 5.74) is 0. The lowest BCUT2D eigenvalue weighted by molar-refractivity contribution is -0.114. The zero-order chi connectivity index (χ0) is 14.0. The maximum Gasteiger partial charge on any atom is 0.243 e. The van der Waals surface area contributed by atoms with Gasteiger partial charge in [0.25, 0.3) is 0 Å². The smallest absolute Gasteiger partial charge is 0.243 e. The van der Waals surface area contributed by atoms with Gasteiger partial charge >= 0.3 is 0 Å². The summed E-state index contributed by atoms with van der Waals surface area (Å²) in [6.45, 7) is 0.317. The van der Waals surface area contributed by atoms with Crippen molar-refractivity contribution in [3.8, 4) is 5.75 Å². The largest absolute Gasteiger partial charge is 0.497 e. The molecule has 1 fully saturated rings. The number of methoxy groups -OCH3 is 1. The molecule has 0 radical (unpaired) electrons. The Morgan fingerprint density at radius 3 is 2.53 bits per heavy atom. The second kappa shape index (κ2) is 5.48. The van der Waals surface area contributed by atoms with Crippen LogP contribution in [0.3, 0.4) is 0 Å². The SMILES string of the molecule is COc1ccc(S(=O)(=O)N2CCCC2C(=O)Cl)cc1. The molecule has 0 saturated carbocycles. The van der Waals surface area contributed by atoms with Crippen LogP contribution in [-0.4, -0.2) is 37.7 Å². The highest BCUT2D eigenvalue weighted by Gasteiger charge is 2.38. The number of nitrogens with zero attached hydrogens (tertiary/aromatic N) is 1. The fourth-order valence-corrected chi connectivity index (χ4v) is 4.08. The second-order valence-electron chi connectivity index (χ2n) is 4.25. The predicted octanol–water partition coefficient (Wildman–Crippen LogP) is 1.61. The summed E-state index contributed by atoms with van der Waals surface area (Å²) in [7, 11) is -2.18. The van der Waals surface area contributed by atoms with Gasteiger partial charge in [0, 0.05) is 6.54 Å². The summed E-state index contributed by atoms with van der Waals surface area (Å²) in [4.78, 5) is 11.4. The van der Waals surface area contributed by atoms with E-state index in [9.17, 15) is 13.2 Å². The number of ether oxygens (including phenoxy) is 1. The molecule has 0 amide bonds. The third-order valence-corrected chi connectivity index (χ3v) is 5.31. The van der Waals surface area contributed by atoms with Gasteiger partial charge < -0.3 is 4.74 Å². The van der Waals surface area contributed by atoms with Crippen LogP contribution < -0.4 is 4.74 Å². The van der Waals surface area contributed by atoms with E-state index in [1.165, 1.54) is 23.5 Å². The van der Waals surface area contributed by atoms with E-state index in [4.69, 9.17) is 16.3 Å². The minimum atomic E-state index is -3.69. The Morgan fingerprint density at radius 2 is 2.00 bits per heavy atom. The molecule has 0 aliphatic carbocycles. The fourth-order valence-electron chi connectivity index (χ4n) is 2.14. The van der Waals surface area contributed by atoms with Crippen LogP contribution in [0, 0.1) is 0 Å². The number of carbonyl (C=O) groups is 1. The molecule has 1 saturated heterocycles. The van der Waals surface area contributed by atoms with Gasteiger partial charge in [0.1, 0.15) is 5.75 Å². The Balaban J connectivity index is 2.33. The monoisotopic (exact) mass is 303 g/mol. The Labute approximate surface area is 117 Å². The van der Waals surface area contributed by atoms with Crippen LogP contribution >= 0.6 is 11.6 Å². The zero-order valence-corrected chi connectivity index (χ0v) is 11.9. The van der Waals surface area contributed by atoms with Crippen LogP contribution in [0.4, 0.5) is 0 Å². The number of benzene rings is 1. The quantitative estimate of drug-likeness (QED) is 0.793. The van der Waals surface area contributed by atoms with Gasteiger partial charge in [-0.2, -0.15) is 4.31 Å². The van der Waals surface area contributed by atoms with Crippen molar-refractivity contribution in [2.45, 2.75) is 23.8 Å². The van der Waals surface area contributed by atoms with Gasteiger partial charge in [-0.1, -0.05) is 0 Å². The average Bonchev–Trinajstić information content (AvgIpc) is 2.89. The maximum absolute atomic E-state index is 12.4. The number of hydrogen-bond donors (Lipinski definition) is 0. The molecule has 1 atom stereocenters. The molecule has 1 aliphatic rings. The van der Waals surface area contributed by atoms with Gasteiger partial charge in [-0.05, 0) is 48.7 Å². The van der Waals surface area contributed by atoms with Crippen LogP contribution in [0.15, 0.2) is 29.2 Å². The van der Waals surface area contributed by atoms with Crippen molar-refractivity contribution in [3.05, 3.63) is 24.3 Å². The molecule has 1 unspecified atom stereocenters. The third-order valence-electron chi connectivity index (χ3n) is 3.13. The zero-order valence-electron chi connectivity index (χ0n) is 10.4. The third kappa shape index (κ3) is 2.75. The second-order valence-corrected chi connectivity index (χ2v) is 6.52. The van der Waals surface area contributed by atoms with Crippen molar-refractivity contribution in [3.63, 3.8) is 0 Å². The predicted molar refractivity (Wildman–Crippen MR) is 70.8 cm³/mol. The number of carbonyl (C=O) groups excluding carboxylic acids is 1. The molecule has 0 spiro atoms. The van der Waals surface area contributed by atoms with Crippen LogP contribution in [-0.2, 0) is 14.8 Å². The summed E-state index contributed by atoms with van der Waals surface area (Å²) in [6, 6.07) is 5.31. The van der Waals surface area contributed by atoms with Crippen LogP contribution in [0.5, 0.6) is 5.75 Å². The fraction of sp³-hybridized carbons (Fsp3) is 0.417. The topological polar surface area (TPSA) is 63.7 Å². The molecule has 2 rings (SSSR count). The summed E-state index contributed by atoms with van der Waals surface area (Å²) in [6.07, 6.45) is 1.11. The maximum atomic E-state index is 12.4. The molecule has 1 aromatic rings. The molecular formula is C12H14ClNO4S. The Morgan fingerprint density at radius 1 is 1.37 bits per heavy atom. The minimum absolute atomic E-state index is 0.137. The first-order valence-electron chi connectivity index (χ1n) is 5.82. The van der Waals surface area contributed by atoms with Gasteiger partial charge in [-0.3, -0.25) is 4.79 Å². The molecule has 1 aliphatic heterocycles. The van der Waals surface area contributed by atoms with E-state index in [0.717, 1.165) is 0 Å². The molecule has 7 heteroatoms. The van der Waals surface area contributed by atoms with E-state index in [0.29, 0.717) is 25.1 Å². The molecule has 104 valence electrons. The van der Waals surface area contributed by atoms with Crippen LogP contribution in [0.1, 0.15) is 12.8 Å². The van der Waals surface area contributed by atoms with Crippen molar-refractivity contribution in [2.75, 3.05) is 13.7 Å². The lowest BCUT2D eigenvalue weighted by atomic mass is 10.2. The lowest BCUT2D eigenvalue weighted by Gasteiger charge is -2.21. The lowest BCUT2D eigenvalue weighted by Crippen LogP contribution is -2.38. The molecule has 1 heterocycles. The van der Waals surface area contributed by atoms with Gasteiger partial charge in [0.05, 0.1) is 18.0 Å². The van der Waals surface area contributed by atoms with Crippen LogP contribution in [0.2, 0.25) is 0 Å². The molecular weight excluding hydrogens is 290 g/mol. The number of rotatable bonds is 4. The highest BCUT2D eigenvalue weighted by Crippen LogP contribution is 2.28. The van der Waals surface area contributed by atoms with E-state index < -0.39 is 21.3 Å². The summed E-state index contributed by atoms with van der Waals surface area (Å²) in [5.74, 6) is 0.574. The highest BCUT2D eigenvalue weighted by molar-refractivity contribution is 7.89. The van der Waals surface area contributed by atoms with E-state index in [2.05, 4.69) is 0 Å². The van der Waals surface area contributed by atoms with Crippen molar-refractivity contribution in [1.82, 2.24) is 4.31 Å². The Kier molecular flexibility index (Phi) is 4.13. The first-order chi connectivity index (χ1) is 8.96. The normalized spacial score (nSPS) is 20.4. The van der Waals surface area contributed by atoms with E-state index in [1.54, 1.807) is 12.1 Å². The van der Waals surface area contributed by atoms with Crippen molar-refractivity contribution >= 4 is 26.9 Å². The van der Waals surface area contributed by atoms with E-state index in [1.807, 2.05) is 0 Å². The Hall–Kier alpha value is -1.11. The van der Waals surface area contributed by atoms with Gasteiger partial charge in [0.2, 0.25) is 15.3 Å². The van der Waals surface area contributed by atoms with Gasteiger partial charge in [-0.15, -0.1) is 0 Å². The molecule has 19 heavy (non-hydrogen) atoms. The molecule has 5 nitrogen and oxygen atoms in total. The summed E-state index contributed by atoms with van der Waals surface area (Å²) >= 11 is 5.45. The average molecular weight is 304 g/mol. The molecule has 0 aromatic heterocycles. The van der Waals surface area contributed by atoms with Crippen molar-refractivity contribution in [2.24, 2.45) is 0 Å². The van der Waals surface area contributed by atoms with E-state index in [-0.39, 0.29) is 4.90 Å². The summed E-state index contributed by atoms with van der Waals surface area (Å²) in [5, 5.41) is -0.630. The van der Waals surface area contributed by atoms with Crippen molar-refractivity contribution < 1.29 is 17.9 Å². The summed E-state index contributed by atoms with van der Waals surface area (Å²) < 4.78 is 31.0. The highest BCUT2D eigenvalue weighted by atomic mass is 35.5. The molecule has 0 N–H and O–H groups in total. The number of halogens is 1.